The quantitative estimate of drug-likeness (QED) is 0.812. The second-order valence-electron chi connectivity index (χ2n) is 3.67. The van der Waals surface area contributed by atoms with Crippen LogP contribution >= 0.6 is 0 Å². The van der Waals surface area contributed by atoms with Gasteiger partial charge in [0.05, 0.1) is 6.10 Å². The van der Waals surface area contributed by atoms with E-state index >= 15 is 0 Å². The molecule has 1 rings (SSSR count). The summed E-state index contributed by atoms with van der Waals surface area (Å²) < 4.78 is 18.9. The van der Waals surface area contributed by atoms with Gasteiger partial charge in [0.1, 0.15) is 11.6 Å². The summed E-state index contributed by atoms with van der Waals surface area (Å²) in [5.74, 6) is 0.282. The van der Waals surface area contributed by atoms with E-state index in [-0.39, 0.29) is 18.5 Å². The Morgan fingerprint density at radius 3 is 2.73 bits per heavy atom. The summed E-state index contributed by atoms with van der Waals surface area (Å²) in [5.41, 5.74) is 5.89. The maximum absolute atomic E-state index is 13.3. The van der Waals surface area contributed by atoms with Gasteiger partial charge in [-0.15, -0.1) is 0 Å². The summed E-state index contributed by atoms with van der Waals surface area (Å²) in [6, 6.07) is 4.83. The van der Waals surface area contributed by atoms with Gasteiger partial charge >= 0.3 is 0 Å². The second kappa shape index (κ2) is 5.71. The van der Waals surface area contributed by atoms with Crippen LogP contribution in [-0.2, 0) is 6.54 Å². The summed E-state index contributed by atoms with van der Waals surface area (Å²) in [6.45, 7) is 4.30. The molecule has 1 unspecified atom stereocenters. The average molecular weight is 211 g/mol. The highest BCUT2D eigenvalue weighted by molar-refractivity contribution is 5.28. The lowest BCUT2D eigenvalue weighted by Crippen LogP contribution is -2.11. The van der Waals surface area contributed by atoms with E-state index in [1.54, 1.807) is 12.1 Å². The Hall–Kier alpha value is -1.09. The van der Waals surface area contributed by atoms with E-state index in [2.05, 4.69) is 6.92 Å². The van der Waals surface area contributed by atoms with Gasteiger partial charge in [0, 0.05) is 18.2 Å². The fraction of sp³-hybridized carbons (Fsp3) is 0.500. The smallest absolute Gasteiger partial charge is 0.131 e. The maximum atomic E-state index is 13.3. The first-order valence-electron chi connectivity index (χ1n) is 5.32. The van der Waals surface area contributed by atoms with E-state index in [0.29, 0.717) is 11.3 Å². The molecule has 2 N–H and O–H groups in total. The number of nitrogens with two attached hydrogens (primary N) is 1. The highest BCUT2D eigenvalue weighted by Crippen LogP contribution is 2.18. The van der Waals surface area contributed by atoms with Crippen molar-refractivity contribution < 1.29 is 9.13 Å². The van der Waals surface area contributed by atoms with Crippen LogP contribution in [0.1, 0.15) is 32.3 Å². The van der Waals surface area contributed by atoms with Gasteiger partial charge in [-0.3, -0.25) is 0 Å². The Morgan fingerprint density at radius 1 is 1.47 bits per heavy atom. The molecule has 0 aliphatic heterocycles. The molecule has 0 fully saturated rings. The van der Waals surface area contributed by atoms with Crippen molar-refractivity contribution in [1.82, 2.24) is 0 Å². The molecule has 1 atom stereocenters. The Labute approximate surface area is 90.2 Å². The third-order valence-corrected chi connectivity index (χ3v) is 2.28. The first-order valence-corrected chi connectivity index (χ1v) is 5.32. The Balaban J connectivity index is 2.66. The lowest BCUT2D eigenvalue weighted by molar-refractivity contribution is 0.209. The van der Waals surface area contributed by atoms with Gasteiger partial charge < -0.3 is 10.5 Å². The largest absolute Gasteiger partial charge is 0.491 e. The molecule has 0 spiro atoms. The van der Waals surface area contributed by atoms with Crippen LogP contribution in [0.4, 0.5) is 4.39 Å². The molecule has 0 heterocycles. The first-order chi connectivity index (χ1) is 7.17. The van der Waals surface area contributed by atoms with E-state index in [0.717, 1.165) is 12.8 Å². The number of rotatable bonds is 5. The van der Waals surface area contributed by atoms with E-state index in [4.69, 9.17) is 10.5 Å². The number of hydrogen-bond donors (Lipinski definition) is 1. The molecule has 84 valence electrons. The Kier molecular flexibility index (Phi) is 4.56. The SMILES string of the molecule is CCCC(C)Oc1ccc(CN)c(F)c1. The molecule has 0 saturated heterocycles. The molecule has 0 bridgehead atoms. The number of benzene rings is 1. The maximum Gasteiger partial charge on any atom is 0.131 e. The topological polar surface area (TPSA) is 35.2 Å². The minimum atomic E-state index is -0.293. The third kappa shape index (κ3) is 3.51. The highest BCUT2D eigenvalue weighted by Gasteiger charge is 2.06. The Bertz CT molecular complexity index is 314. The van der Waals surface area contributed by atoms with Gasteiger partial charge in [-0.25, -0.2) is 4.39 Å². The van der Waals surface area contributed by atoms with E-state index < -0.39 is 0 Å². The molecular formula is C12H18FNO. The van der Waals surface area contributed by atoms with Crippen LogP contribution < -0.4 is 10.5 Å². The monoisotopic (exact) mass is 211 g/mol. The molecule has 0 saturated carbocycles. The summed E-state index contributed by atoms with van der Waals surface area (Å²) in [7, 11) is 0. The molecule has 0 aliphatic carbocycles. The number of halogens is 1. The van der Waals surface area contributed by atoms with Crippen molar-refractivity contribution in [1.29, 1.82) is 0 Å². The summed E-state index contributed by atoms with van der Waals surface area (Å²) >= 11 is 0. The van der Waals surface area contributed by atoms with Crippen LogP contribution in [0.2, 0.25) is 0 Å². The molecule has 0 aromatic heterocycles. The van der Waals surface area contributed by atoms with E-state index in [9.17, 15) is 4.39 Å². The number of hydrogen-bond acceptors (Lipinski definition) is 2. The fourth-order valence-corrected chi connectivity index (χ4v) is 1.46. The molecular weight excluding hydrogens is 193 g/mol. The first kappa shape index (κ1) is 12.0. The van der Waals surface area contributed by atoms with Gasteiger partial charge in [-0.05, 0) is 19.4 Å². The average Bonchev–Trinajstić information content (AvgIpc) is 2.18. The zero-order valence-electron chi connectivity index (χ0n) is 9.29. The minimum Gasteiger partial charge on any atom is -0.491 e. The van der Waals surface area contributed by atoms with Crippen molar-refractivity contribution >= 4 is 0 Å². The van der Waals surface area contributed by atoms with E-state index in [1.165, 1.54) is 6.07 Å². The molecule has 1 aromatic carbocycles. The van der Waals surface area contributed by atoms with Crippen LogP contribution in [0.3, 0.4) is 0 Å². The van der Waals surface area contributed by atoms with Crippen molar-refractivity contribution in [3.63, 3.8) is 0 Å². The van der Waals surface area contributed by atoms with Crippen molar-refractivity contribution in [2.45, 2.75) is 39.3 Å². The third-order valence-electron chi connectivity index (χ3n) is 2.28. The number of ether oxygens (including phenoxy) is 1. The predicted molar refractivity (Wildman–Crippen MR) is 59.3 cm³/mol. The van der Waals surface area contributed by atoms with Crippen LogP contribution in [0.5, 0.6) is 5.75 Å². The fourth-order valence-electron chi connectivity index (χ4n) is 1.46. The van der Waals surface area contributed by atoms with Gasteiger partial charge in [-0.2, -0.15) is 0 Å². The molecule has 15 heavy (non-hydrogen) atoms. The van der Waals surface area contributed by atoms with Crippen LogP contribution in [0.15, 0.2) is 18.2 Å². The minimum absolute atomic E-state index is 0.123. The molecule has 2 nitrogen and oxygen atoms in total. The van der Waals surface area contributed by atoms with Gasteiger partial charge in [0.15, 0.2) is 0 Å². The van der Waals surface area contributed by atoms with Gasteiger partial charge in [0.25, 0.3) is 0 Å². The normalized spacial score (nSPS) is 12.5. The zero-order valence-corrected chi connectivity index (χ0v) is 9.29. The highest BCUT2D eigenvalue weighted by atomic mass is 19.1. The Morgan fingerprint density at radius 2 is 2.20 bits per heavy atom. The molecule has 0 radical (unpaired) electrons. The molecule has 0 amide bonds. The summed E-state index contributed by atoms with van der Waals surface area (Å²) in [6.07, 6.45) is 2.16. The predicted octanol–water partition coefficient (Wildman–Crippen LogP) is 2.85. The van der Waals surface area contributed by atoms with Gasteiger partial charge in [0.2, 0.25) is 0 Å². The lowest BCUT2D eigenvalue weighted by Gasteiger charge is -2.14. The van der Waals surface area contributed by atoms with Gasteiger partial charge in [-0.1, -0.05) is 19.4 Å². The van der Waals surface area contributed by atoms with E-state index in [1.807, 2.05) is 6.92 Å². The van der Waals surface area contributed by atoms with Crippen LogP contribution in [0, 0.1) is 5.82 Å². The molecule has 0 aliphatic rings. The molecule has 3 heteroatoms. The van der Waals surface area contributed by atoms with Crippen molar-refractivity contribution in [2.75, 3.05) is 0 Å². The summed E-state index contributed by atoms with van der Waals surface area (Å²) in [4.78, 5) is 0. The van der Waals surface area contributed by atoms with Crippen molar-refractivity contribution in [3.05, 3.63) is 29.6 Å². The lowest BCUT2D eigenvalue weighted by atomic mass is 10.2. The molecule has 1 aromatic rings. The zero-order chi connectivity index (χ0) is 11.3. The standard InChI is InChI=1S/C12H18FNO/c1-3-4-9(2)15-11-6-5-10(8-14)12(13)7-11/h5-7,9H,3-4,8,14H2,1-2H3. The summed E-state index contributed by atoms with van der Waals surface area (Å²) in [5, 5.41) is 0. The van der Waals surface area contributed by atoms with Crippen LogP contribution in [-0.4, -0.2) is 6.10 Å². The van der Waals surface area contributed by atoms with Crippen molar-refractivity contribution in [2.24, 2.45) is 5.73 Å². The van der Waals surface area contributed by atoms with Crippen molar-refractivity contribution in [3.8, 4) is 5.75 Å². The van der Waals surface area contributed by atoms with Crippen LogP contribution in [0.25, 0.3) is 0 Å². The second-order valence-corrected chi connectivity index (χ2v) is 3.67.